The summed E-state index contributed by atoms with van der Waals surface area (Å²) >= 11 is 0. The molecule has 1 aliphatic rings. The number of benzene rings is 1. The van der Waals surface area contributed by atoms with Crippen LogP contribution in [-0.4, -0.2) is 50.4 Å². The third-order valence-corrected chi connectivity index (χ3v) is 4.39. The lowest BCUT2D eigenvalue weighted by molar-refractivity contribution is -0.168. The molecule has 1 aromatic rings. The van der Waals surface area contributed by atoms with E-state index in [1.807, 2.05) is 32.9 Å². The number of nitrogens with zero attached hydrogens (tertiary/aromatic N) is 1. The molecular weight excluding hydrogens is 322 g/mol. The van der Waals surface area contributed by atoms with E-state index in [2.05, 4.69) is 4.90 Å². The molecule has 0 saturated carbocycles. The zero-order valence-electron chi connectivity index (χ0n) is 15.6. The first kappa shape index (κ1) is 19.2. The van der Waals surface area contributed by atoms with Gasteiger partial charge in [0.25, 0.3) is 0 Å². The fourth-order valence-electron chi connectivity index (χ4n) is 2.95. The van der Waals surface area contributed by atoms with Crippen molar-refractivity contribution in [3.8, 4) is 0 Å². The maximum absolute atomic E-state index is 12.1. The summed E-state index contributed by atoms with van der Waals surface area (Å²) in [4.78, 5) is 26.2. The Morgan fingerprint density at radius 2 is 1.60 bits per heavy atom. The SMILES string of the molecule is COC(=O)C1(OC)CCN(c2ccc(C(=O)OC(C)(C)C)cc2)CC1. The Kier molecular flexibility index (Phi) is 5.72. The third kappa shape index (κ3) is 4.51. The smallest absolute Gasteiger partial charge is 0.338 e. The molecule has 0 spiro atoms. The van der Waals surface area contributed by atoms with Gasteiger partial charge in [0, 0.05) is 38.7 Å². The van der Waals surface area contributed by atoms with Gasteiger partial charge >= 0.3 is 11.9 Å². The second kappa shape index (κ2) is 7.44. The fourth-order valence-corrected chi connectivity index (χ4v) is 2.95. The minimum absolute atomic E-state index is 0.324. The van der Waals surface area contributed by atoms with E-state index in [0.717, 1.165) is 5.69 Å². The van der Waals surface area contributed by atoms with Crippen LogP contribution in [-0.2, 0) is 19.0 Å². The van der Waals surface area contributed by atoms with Gasteiger partial charge in [-0.1, -0.05) is 0 Å². The number of hydrogen-bond acceptors (Lipinski definition) is 6. The van der Waals surface area contributed by atoms with E-state index in [1.54, 1.807) is 19.2 Å². The molecule has 2 rings (SSSR count). The summed E-state index contributed by atoms with van der Waals surface area (Å²) in [6, 6.07) is 7.33. The van der Waals surface area contributed by atoms with Crippen molar-refractivity contribution in [2.45, 2.75) is 44.8 Å². The molecule has 1 aromatic carbocycles. The van der Waals surface area contributed by atoms with Crippen molar-refractivity contribution in [1.82, 2.24) is 0 Å². The average molecular weight is 349 g/mol. The molecule has 0 unspecified atom stereocenters. The largest absolute Gasteiger partial charge is 0.467 e. The van der Waals surface area contributed by atoms with Crippen molar-refractivity contribution in [2.24, 2.45) is 0 Å². The number of anilines is 1. The normalized spacial score (nSPS) is 17.1. The van der Waals surface area contributed by atoms with Crippen LogP contribution in [0.25, 0.3) is 0 Å². The molecule has 25 heavy (non-hydrogen) atoms. The highest BCUT2D eigenvalue weighted by atomic mass is 16.6. The molecule has 1 aliphatic heterocycles. The first-order chi connectivity index (χ1) is 11.7. The minimum Gasteiger partial charge on any atom is -0.467 e. The van der Waals surface area contributed by atoms with E-state index in [4.69, 9.17) is 14.2 Å². The van der Waals surface area contributed by atoms with Gasteiger partial charge in [-0.2, -0.15) is 0 Å². The Morgan fingerprint density at radius 3 is 2.04 bits per heavy atom. The number of hydrogen-bond donors (Lipinski definition) is 0. The zero-order chi connectivity index (χ0) is 18.7. The molecule has 6 nitrogen and oxygen atoms in total. The first-order valence-corrected chi connectivity index (χ1v) is 8.43. The summed E-state index contributed by atoms with van der Waals surface area (Å²) in [7, 11) is 2.92. The summed E-state index contributed by atoms with van der Waals surface area (Å²) in [5.74, 6) is -0.656. The monoisotopic (exact) mass is 349 g/mol. The van der Waals surface area contributed by atoms with Gasteiger partial charge in [-0.15, -0.1) is 0 Å². The van der Waals surface area contributed by atoms with Crippen molar-refractivity contribution in [3.05, 3.63) is 29.8 Å². The molecule has 0 radical (unpaired) electrons. The summed E-state index contributed by atoms with van der Waals surface area (Å²) in [6.07, 6.45) is 1.12. The van der Waals surface area contributed by atoms with Crippen LogP contribution in [0.5, 0.6) is 0 Å². The summed E-state index contributed by atoms with van der Waals surface area (Å²) in [5, 5.41) is 0. The van der Waals surface area contributed by atoms with E-state index < -0.39 is 11.2 Å². The number of ether oxygens (including phenoxy) is 3. The van der Waals surface area contributed by atoms with Crippen LogP contribution in [0.1, 0.15) is 44.0 Å². The molecule has 1 fully saturated rings. The molecule has 0 amide bonds. The molecule has 6 heteroatoms. The summed E-state index contributed by atoms with van der Waals surface area (Å²) in [6.45, 7) is 6.88. The molecule has 0 N–H and O–H groups in total. The maximum atomic E-state index is 12.1. The number of piperidine rings is 1. The van der Waals surface area contributed by atoms with Crippen molar-refractivity contribution in [3.63, 3.8) is 0 Å². The third-order valence-electron chi connectivity index (χ3n) is 4.39. The van der Waals surface area contributed by atoms with Crippen LogP contribution in [0.2, 0.25) is 0 Å². The standard InChI is InChI=1S/C19H27NO5/c1-18(2,3)25-16(21)14-6-8-15(9-7-14)20-12-10-19(24-5,11-13-20)17(22)23-4/h6-9H,10-13H2,1-5H3. The predicted molar refractivity (Wildman–Crippen MR) is 94.8 cm³/mol. The maximum Gasteiger partial charge on any atom is 0.338 e. The van der Waals surface area contributed by atoms with Crippen molar-refractivity contribution in [2.75, 3.05) is 32.2 Å². The van der Waals surface area contributed by atoms with Crippen molar-refractivity contribution in [1.29, 1.82) is 0 Å². The van der Waals surface area contributed by atoms with Crippen LogP contribution >= 0.6 is 0 Å². The van der Waals surface area contributed by atoms with Crippen molar-refractivity contribution < 1.29 is 23.8 Å². The lowest BCUT2D eigenvalue weighted by atomic mass is 9.91. The van der Waals surface area contributed by atoms with E-state index in [0.29, 0.717) is 31.5 Å². The highest BCUT2D eigenvalue weighted by Crippen LogP contribution is 2.30. The van der Waals surface area contributed by atoms with Gasteiger partial charge in [-0.05, 0) is 45.0 Å². The molecule has 0 bridgehead atoms. The quantitative estimate of drug-likeness (QED) is 0.779. The first-order valence-electron chi connectivity index (χ1n) is 8.43. The van der Waals surface area contributed by atoms with Crippen LogP contribution in [0, 0.1) is 0 Å². The molecule has 0 atom stereocenters. The van der Waals surface area contributed by atoms with E-state index >= 15 is 0 Å². The summed E-state index contributed by atoms with van der Waals surface area (Å²) < 4.78 is 15.7. The molecule has 0 aromatic heterocycles. The zero-order valence-corrected chi connectivity index (χ0v) is 15.6. The Hall–Kier alpha value is -2.08. The Balaban J connectivity index is 2.02. The lowest BCUT2D eigenvalue weighted by Crippen LogP contribution is -2.51. The van der Waals surface area contributed by atoms with Crippen molar-refractivity contribution >= 4 is 17.6 Å². The highest BCUT2D eigenvalue weighted by molar-refractivity contribution is 5.90. The topological polar surface area (TPSA) is 65.1 Å². The molecule has 138 valence electrons. The fraction of sp³-hybridized carbons (Fsp3) is 0.579. The van der Waals surface area contributed by atoms with Gasteiger partial charge in [0.05, 0.1) is 12.7 Å². The second-order valence-electron chi connectivity index (χ2n) is 7.23. The van der Waals surface area contributed by atoms with Crippen LogP contribution in [0.15, 0.2) is 24.3 Å². The Morgan fingerprint density at radius 1 is 1.04 bits per heavy atom. The van der Waals surface area contributed by atoms with E-state index in [1.165, 1.54) is 7.11 Å². The second-order valence-corrected chi connectivity index (χ2v) is 7.23. The van der Waals surface area contributed by atoms with Gasteiger partial charge < -0.3 is 19.1 Å². The highest BCUT2D eigenvalue weighted by Gasteiger charge is 2.42. The van der Waals surface area contributed by atoms with Gasteiger partial charge in [0.15, 0.2) is 5.60 Å². The van der Waals surface area contributed by atoms with Crippen LogP contribution < -0.4 is 4.90 Å². The number of esters is 2. The number of methoxy groups -OCH3 is 2. The number of carbonyl (C=O) groups excluding carboxylic acids is 2. The van der Waals surface area contributed by atoms with Crippen LogP contribution in [0.4, 0.5) is 5.69 Å². The summed E-state index contributed by atoms with van der Waals surface area (Å²) in [5.41, 5.74) is 0.153. The van der Waals surface area contributed by atoms with E-state index in [-0.39, 0.29) is 11.9 Å². The molecule has 1 saturated heterocycles. The van der Waals surface area contributed by atoms with Gasteiger partial charge in [0.2, 0.25) is 0 Å². The molecular formula is C19H27NO5. The predicted octanol–water partition coefficient (Wildman–Crippen LogP) is 2.80. The number of rotatable bonds is 4. The minimum atomic E-state index is -0.859. The molecule has 0 aliphatic carbocycles. The van der Waals surface area contributed by atoms with Gasteiger partial charge in [0.1, 0.15) is 5.60 Å². The van der Waals surface area contributed by atoms with Gasteiger partial charge in [-0.3, -0.25) is 0 Å². The Bertz CT molecular complexity index is 610. The average Bonchev–Trinajstić information content (AvgIpc) is 2.59. The van der Waals surface area contributed by atoms with Crippen LogP contribution in [0.3, 0.4) is 0 Å². The molecule has 1 heterocycles. The van der Waals surface area contributed by atoms with E-state index in [9.17, 15) is 9.59 Å². The lowest BCUT2D eigenvalue weighted by Gasteiger charge is -2.39. The number of carbonyl (C=O) groups is 2. The Labute approximate surface area is 149 Å². The van der Waals surface area contributed by atoms with Gasteiger partial charge in [-0.25, -0.2) is 9.59 Å².